The highest BCUT2D eigenvalue weighted by Crippen LogP contribution is 2.41. The average Bonchev–Trinajstić information content (AvgIpc) is 2.24. The van der Waals surface area contributed by atoms with Crippen molar-refractivity contribution in [2.45, 2.75) is 65.5 Å². The van der Waals surface area contributed by atoms with Gasteiger partial charge in [0.1, 0.15) is 0 Å². The van der Waals surface area contributed by atoms with E-state index in [0.717, 1.165) is 12.5 Å². The van der Waals surface area contributed by atoms with Crippen LogP contribution in [-0.2, 0) is 0 Å². The lowest BCUT2D eigenvalue weighted by Gasteiger charge is -2.46. The maximum atomic E-state index is 10.0. The fourth-order valence-electron chi connectivity index (χ4n) is 3.54. The molecule has 1 saturated carbocycles. The van der Waals surface area contributed by atoms with E-state index in [1.165, 1.54) is 19.3 Å². The highest BCUT2D eigenvalue weighted by atomic mass is 16.3. The van der Waals surface area contributed by atoms with Crippen LogP contribution in [0.15, 0.2) is 0 Å². The molecule has 1 aliphatic carbocycles. The fourth-order valence-corrected chi connectivity index (χ4v) is 3.54. The predicted octanol–water partition coefficient (Wildman–Crippen LogP) is 2.48. The zero-order chi connectivity index (χ0) is 14.8. The van der Waals surface area contributed by atoms with Gasteiger partial charge in [0.25, 0.3) is 0 Å². The van der Waals surface area contributed by atoms with Crippen molar-refractivity contribution < 1.29 is 5.11 Å². The molecule has 0 aromatic rings. The van der Waals surface area contributed by atoms with Gasteiger partial charge in [0.2, 0.25) is 0 Å². The van der Waals surface area contributed by atoms with Crippen molar-refractivity contribution in [2.75, 3.05) is 20.1 Å². The van der Waals surface area contributed by atoms with Crippen molar-refractivity contribution in [2.24, 2.45) is 23.0 Å². The first-order valence-corrected chi connectivity index (χ1v) is 7.67. The van der Waals surface area contributed by atoms with Crippen LogP contribution in [-0.4, -0.2) is 41.8 Å². The van der Waals surface area contributed by atoms with E-state index in [-0.39, 0.29) is 0 Å². The van der Waals surface area contributed by atoms with Crippen molar-refractivity contribution in [3.05, 3.63) is 0 Å². The quantitative estimate of drug-likeness (QED) is 0.825. The second-order valence-corrected chi connectivity index (χ2v) is 8.17. The molecule has 0 aromatic heterocycles. The second-order valence-electron chi connectivity index (χ2n) is 8.17. The van der Waals surface area contributed by atoms with Gasteiger partial charge in [0.05, 0.1) is 5.60 Å². The molecule has 0 aromatic carbocycles. The molecule has 0 amide bonds. The molecule has 19 heavy (non-hydrogen) atoms. The third kappa shape index (κ3) is 5.05. The summed E-state index contributed by atoms with van der Waals surface area (Å²) < 4.78 is 0. The van der Waals surface area contributed by atoms with Crippen LogP contribution in [0.5, 0.6) is 0 Å². The molecule has 114 valence electrons. The molecule has 3 N–H and O–H groups in total. The second kappa shape index (κ2) is 6.11. The summed E-state index contributed by atoms with van der Waals surface area (Å²) in [4.78, 5) is 2.33. The lowest BCUT2D eigenvalue weighted by atomic mass is 9.67. The molecule has 1 rings (SSSR count). The Morgan fingerprint density at radius 1 is 1.16 bits per heavy atom. The molecular weight excluding hydrogens is 236 g/mol. The molecule has 0 radical (unpaired) electrons. The highest BCUT2D eigenvalue weighted by molar-refractivity contribution is 4.91. The maximum absolute atomic E-state index is 10.0. The van der Waals surface area contributed by atoms with Gasteiger partial charge < -0.3 is 15.7 Å². The van der Waals surface area contributed by atoms with Crippen molar-refractivity contribution in [1.29, 1.82) is 0 Å². The van der Waals surface area contributed by atoms with Gasteiger partial charge in [-0.1, -0.05) is 20.8 Å². The van der Waals surface area contributed by atoms with Gasteiger partial charge in [-0.25, -0.2) is 0 Å². The summed E-state index contributed by atoms with van der Waals surface area (Å²) in [6, 6.07) is 0.509. The Labute approximate surface area is 119 Å². The van der Waals surface area contributed by atoms with Crippen LogP contribution in [0.2, 0.25) is 0 Å². The summed E-state index contributed by atoms with van der Waals surface area (Å²) in [5, 5.41) is 10.0. The third-order valence-corrected chi connectivity index (χ3v) is 4.69. The lowest BCUT2D eigenvalue weighted by Crippen LogP contribution is -2.50. The molecule has 3 nitrogen and oxygen atoms in total. The van der Waals surface area contributed by atoms with Crippen LogP contribution in [0.1, 0.15) is 53.9 Å². The number of nitrogens with zero attached hydrogens (tertiary/aromatic N) is 1. The minimum atomic E-state index is -0.636. The van der Waals surface area contributed by atoms with Crippen LogP contribution < -0.4 is 5.73 Å². The molecule has 0 aliphatic heterocycles. The van der Waals surface area contributed by atoms with Crippen molar-refractivity contribution in [3.8, 4) is 0 Å². The van der Waals surface area contributed by atoms with Crippen LogP contribution in [0, 0.1) is 17.3 Å². The van der Waals surface area contributed by atoms with Gasteiger partial charge in [-0.2, -0.15) is 0 Å². The minimum absolute atomic E-state index is 0.368. The van der Waals surface area contributed by atoms with Gasteiger partial charge >= 0.3 is 0 Å². The molecule has 3 unspecified atom stereocenters. The zero-order valence-electron chi connectivity index (χ0n) is 13.7. The summed E-state index contributed by atoms with van der Waals surface area (Å²) in [5.41, 5.74) is 5.69. The minimum Gasteiger partial charge on any atom is -0.389 e. The Hall–Kier alpha value is -0.120. The van der Waals surface area contributed by atoms with Gasteiger partial charge in [0, 0.05) is 12.6 Å². The molecule has 0 saturated heterocycles. The molecule has 0 heterocycles. The topological polar surface area (TPSA) is 49.5 Å². The van der Waals surface area contributed by atoms with Crippen molar-refractivity contribution >= 4 is 0 Å². The first kappa shape index (κ1) is 16.9. The zero-order valence-corrected chi connectivity index (χ0v) is 13.7. The van der Waals surface area contributed by atoms with Crippen LogP contribution in [0.3, 0.4) is 0 Å². The lowest BCUT2D eigenvalue weighted by molar-refractivity contribution is -0.00318. The smallest absolute Gasteiger partial charge is 0.0718 e. The Balaban J connectivity index is 2.75. The molecular formula is C16H34N2O. The van der Waals surface area contributed by atoms with E-state index in [9.17, 15) is 5.11 Å². The van der Waals surface area contributed by atoms with E-state index in [1.54, 1.807) is 0 Å². The Morgan fingerprint density at radius 3 is 2.16 bits per heavy atom. The Bertz CT molecular complexity index is 277. The van der Waals surface area contributed by atoms with Gasteiger partial charge in [-0.05, 0) is 64.0 Å². The average molecular weight is 270 g/mol. The van der Waals surface area contributed by atoms with E-state index >= 15 is 0 Å². The summed E-state index contributed by atoms with van der Waals surface area (Å²) in [7, 11) is 2.14. The largest absolute Gasteiger partial charge is 0.389 e. The van der Waals surface area contributed by atoms with Crippen LogP contribution in [0.25, 0.3) is 0 Å². The first-order valence-electron chi connectivity index (χ1n) is 7.67. The molecule has 3 atom stereocenters. The summed E-state index contributed by atoms with van der Waals surface area (Å²) >= 11 is 0. The summed E-state index contributed by atoms with van der Waals surface area (Å²) in [6.45, 7) is 12.3. The summed E-state index contributed by atoms with van der Waals surface area (Å²) in [6.07, 6.45) is 3.72. The third-order valence-electron chi connectivity index (χ3n) is 4.69. The van der Waals surface area contributed by atoms with Crippen molar-refractivity contribution in [1.82, 2.24) is 4.90 Å². The number of hydrogen-bond donors (Lipinski definition) is 2. The van der Waals surface area contributed by atoms with Gasteiger partial charge in [0.15, 0.2) is 0 Å². The van der Waals surface area contributed by atoms with Gasteiger partial charge in [-0.15, -0.1) is 0 Å². The first-order chi connectivity index (χ1) is 8.54. The van der Waals surface area contributed by atoms with E-state index in [1.807, 2.05) is 13.8 Å². The monoisotopic (exact) mass is 270 g/mol. The number of rotatable bonds is 4. The van der Waals surface area contributed by atoms with Crippen LogP contribution >= 0.6 is 0 Å². The molecule has 1 fully saturated rings. The van der Waals surface area contributed by atoms with E-state index in [0.29, 0.717) is 23.9 Å². The van der Waals surface area contributed by atoms with Crippen molar-refractivity contribution in [3.63, 3.8) is 0 Å². The molecule has 0 spiro atoms. The number of hydrogen-bond acceptors (Lipinski definition) is 3. The highest BCUT2D eigenvalue weighted by Gasteiger charge is 2.37. The molecule has 0 bridgehead atoms. The number of likely N-dealkylation sites (N-methyl/N-ethyl adjacent to an activating group) is 1. The standard InChI is InChI=1S/C16H34N2O/c1-15(2,3)13-8-7-12(10-17)14(9-13)18(6)11-16(4,5)19/h12-14,19H,7-11,17H2,1-6H3. The summed E-state index contributed by atoms with van der Waals surface area (Å²) in [5.74, 6) is 1.33. The van der Waals surface area contributed by atoms with Gasteiger partial charge in [-0.3, -0.25) is 0 Å². The fraction of sp³-hybridized carbons (Fsp3) is 1.00. The van der Waals surface area contributed by atoms with E-state index in [2.05, 4.69) is 32.7 Å². The SMILES string of the molecule is CN(CC(C)(C)O)C1CC(C(C)(C)C)CCC1CN. The van der Waals surface area contributed by atoms with Crippen LogP contribution in [0.4, 0.5) is 0 Å². The molecule has 3 heteroatoms. The van der Waals surface area contributed by atoms with E-state index in [4.69, 9.17) is 5.73 Å². The number of aliphatic hydroxyl groups is 1. The molecule has 1 aliphatic rings. The Morgan fingerprint density at radius 2 is 1.74 bits per heavy atom. The van der Waals surface area contributed by atoms with E-state index < -0.39 is 5.60 Å². The predicted molar refractivity (Wildman–Crippen MR) is 82.1 cm³/mol. The maximum Gasteiger partial charge on any atom is 0.0718 e. The number of nitrogens with two attached hydrogens (primary N) is 1. The normalized spacial score (nSPS) is 29.8. The Kier molecular flexibility index (Phi) is 5.44.